The summed E-state index contributed by atoms with van der Waals surface area (Å²) in [6.45, 7) is 0.818. The molecule has 8 heteroatoms. The Hall–Kier alpha value is -1.41. The molecule has 1 aromatic rings. The van der Waals surface area contributed by atoms with Crippen LogP contribution >= 0.6 is 11.3 Å². The lowest BCUT2D eigenvalue weighted by molar-refractivity contribution is -0.118. The highest BCUT2D eigenvalue weighted by Crippen LogP contribution is 2.20. The number of amides is 2. The number of piperidine rings is 1. The molecule has 2 amide bonds. The van der Waals surface area contributed by atoms with Crippen LogP contribution in [0.2, 0.25) is 0 Å². The Kier molecular flexibility index (Phi) is 5.00. The summed E-state index contributed by atoms with van der Waals surface area (Å²) in [6, 6.07) is 1.77. The number of nitrogens with one attached hydrogen (secondary N) is 1. The van der Waals surface area contributed by atoms with Gasteiger partial charge in [0.2, 0.25) is 5.91 Å². The number of rotatable bonds is 4. The van der Waals surface area contributed by atoms with Crippen molar-refractivity contribution in [2.45, 2.75) is 18.1 Å². The third kappa shape index (κ3) is 3.82. The Morgan fingerprint density at radius 3 is 2.57 bits per heavy atom. The second-order valence-corrected chi connectivity index (χ2v) is 8.05. The molecule has 1 N–H and O–H groups in total. The Labute approximate surface area is 128 Å². The van der Waals surface area contributed by atoms with Gasteiger partial charge in [-0.25, -0.2) is 8.42 Å². The molecule has 21 heavy (non-hydrogen) atoms. The third-order valence-electron chi connectivity index (χ3n) is 3.62. The number of hydrogen-bond donors (Lipinski definition) is 1. The maximum absolute atomic E-state index is 12.2. The Morgan fingerprint density at radius 1 is 1.38 bits per heavy atom. The molecular weight excluding hydrogens is 312 g/mol. The van der Waals surface area contributed by atoms with Crippen molar-refractivity contribution in [1.29, 1.82) is 0 Å². The van der Waals surface area contributed by atoms with Crippen molar-refractivity contribution in [1.82, 2.24) is 10.2 Å². The van der Waals surface area contributed by atoms with Gasteiger partial charge in [-0.2, -0.15) is 11.3 Å². The van der Waals surface area contributed by atoms with E-state index < -0.39 is 26.7 Å². The van der Waals surface area contributed by atoms with Crippen LogP contribution in [0, 0.1) is 0 Å². The number of carbonyl (C=O) groups is 2. The summed E-state index contributed by atoms with van der Waals surface area (Å²) < 4.78 is 24.2. The Morgan fingerprint density at radius 2 is 2.05 bits per heavy atom. The zero-order chi connectivity index (χ0) is 15.5. The molecule has 0 bridgehead atoms. The number of thiophene rings is 1. The van der Waals surface area contributed by atoms with Crippen molar-refractivity contribution in [2.24, 2.45) is 0 Å². The maximum Gasteiger partial charge on any atom is 0.254 e. The summed E-state index contributed by atoms with van der Waals surface area (Å²) in [6.07, 6.45) is 0.768. The van der Waals surface area contributed by atoms with Crippen LogP contribution in [0.5, 0.6) is 0 Å². The molecule has 0 radical (unpaired) electrons. The third-order valence-corrected chi connectivity index (χ3v) is 6.45. The van der Waals surface area contributed by atoms with E-state index in [9.17, 15) is 18.0 Å². The topological polar surface area (TPSA) is 83.6 Å². The van der Waals surface area contributed by atoms with Crippen molar-refractivity contribution in [3.05, 3.63) is 22.4 Å². The molecule has 0 atom stereocenters. The van der Waals surface area contributed by atoms with Gasteiger partial charge in [0, 0.05) is 25.5 Å². The van der Waals surface area contributed by atoms with Gasteiger partial charge < -0.3 is 10.2 Å². The lowest BCUT2D eigenvalue weighted by Crippen LogP contribution is -2.44. The fourth-order valence-corrected chi connectivity index (χ4v) is 4.66. The van der Waals surface area contributed by atoms with Crippen LogP contribution < -0.4 is 5.32 Å². The molecular formula is C13H18N2O4S2. The molecule has 6 nitrogen and oxygen atoms in total. The zero-order valence-corrected chi connectivity index (χ0v) is 13.4. The fourth-order valence-electron chi connectivity index (χ4n) is 2.36. The highest BCUT2D eigenvalue weighted by atomic mass is 32.2. The fraction of sp³-hybridized carbons (Fsp3) is 0.538. The standard InChI is InChI=1S/C13H18N2O4S2/c1-14-12(16)9-21(18,19)11-2-5-15(6-3-11)13(17)10-4-7-20-8-10/h4,7-8,11H,2-3,5-6,9H2,1H3,(H,14,16). The quantitative estimate of drug-likeness (QED) is 0.872. The second kappa shape index (κ2) is 6.57. The first kappa shape index (κ1) is 16.0. The van der Waals surface area contributed by atoms with Crippen LogP contribution in [0.4, 0.5) is 0 Å². The molecule has 0 unspecified atom stereocenters. The molecule has 0 aliphatic carbocycles. The van der Waals surface area contributed by atoms with Crippen LogP contribution in [-0.4, -0.2) is 56.3 Å². The first-order valence-corrected chi connectivity index (χ1v) is 9.33. The van der Waals surface area contributed by atoms with E-state index in [1.54, 1.807) is 16.3 Å². The minimum Gasteiger partial charge on any atom is -0.358 e. The van der Waals surface area contributed by atoms with Gasteiger partial charge in [-0.05, 0) is 24.3 Å². The highest BCUT2D eigenvalue weighted by Gasteiger charge is 2.33. The van der Waals surface area contributed by atoms with Gasteiger partial charge in [0.05, 0.1) is 10.8 Å². The lowest BCUT2D eigenvalue weighted by Gasteiger charge is -2.31. The molecule has 1 aliphatic heterocycles. The van der Waals surface area contributed by atoms with Crippen LogP contribution in [0.15, 0.2) is 16.8 Å². The normalized spacial score (nSPS) is 16.7. The van der Waals surface area contributed by atoms with Crippen molar-refractivity contribution >= 4 is 33.0 Å². The average Bonchev–Trinajstić information content (AvgIpc) is 3.00. The van der Waals surface area contributed by atoms with E-state index in [0.717, 1.165) is 0 Å². The molecule has 1 aromatic heterocycles. The van der Waals surface area contributed by atoms with Gasteiger partial charge in [-0.1, -0.05) is 0 Å². The van der Waals surface area contributed by atoms with E-state index in [1.165, 1.54) is 18.4 Å². The lowest BCUT2D eigenvalue weighted by atomic mass is 10.1. The summed E-state index contributed by atoms with van der Waals surface area (Å²) in [7, 11) is -2.03. The first-order valence-electron chi connectivity index (χ1n) is 6.67. The maximum atomic E-state index is 12.2. The summed E-state index contributed by atoms with van der Waals surface area (Å²) >= 11 is 1.46. The molecule has 2 heterocycles. The van der Waals surface area contributed by atoms with E-state index in [0.29, 0.717) is 31.5 Å². The van der Waals surface area contributed by atoms with Crippen LogP contribution in [-0.2, 0) is 14.6 Å². The summed E-state index contributed by atoms with van der Waals surface area (Å²) in [5.41, 5.74) is 0.645. The molecule has 0 saturated carbocycles. The largest absolute Gasteiger partial charge is 0.358 e. The highest BCUT2D eigenvalue weighted by molar-refractivity contribution is 7.92. The van der Waals surface area contributed by atoms with Crippen LogP contribution in [0.25, 0.3) is 0 Å². The van der Waals surface area contributed by atoms with E-state index in [1.807, 2.05) is 5.38 Å². The summed E-state index contributed by atoms with van der Waals surface area (Å²) in [5.74, 6) is -1.03. The smallest absolute Gasteiger partial charge is 0.254 e. The second-order valence-electron chi connectivity index (χ2n) is 4.98. The molecule has 0 aromatic carbocycles. The van der Waals surface area contributed by atoms with Gasteiger partial charge in [0.1, 0.15) is 5.75 Å². The van der Waals surface area contributed by atoms with Crippen molar-refractivity contribution < 1.29 is 18.0 Å². The van der Waals surface area contributed by atoms with Gasteiger partial charge in [0.15, 0.2) is 9.84 Å². The van der Waals surface area contributed by atoms with Crippen LogP contribution in [0.3, 0.4) is 0 Å². The van der Waals surface area contributed by atoms with Gasteiger partial charge >= 0.3 is 0 Å². The minimum atomic E-state index is -3.45. The van der Waals surface area contributed by atoms with Crippen molar-refractivity contribution in [3.8, 4) is 0 Å². The summed E-state index contributed by atoms with van der Waals surface area (Å²) in [4.78, 5) is 25.1. The molecule has 1 aliphatic rings. The van der Waals surface area contributed by atoms with Gasteiger partial charge in [-0.3, -0.25) is 9.59 Å². The van der Waals surface area contributed by atoms with E-state index in [2.05, 4.69) is 5.32 Å². The molecule has 0 spiro atoms. The predicted molar refractivity (Wildman–Crippen MR) is 81.1 cm³/mol. The Balaban J connectivity index is 1.94. The van der Waals surface area contributed by atoms with E-state index in [4.69, 9.17) is 0 Å². The van der Waals surface area contributed by atoms with Crippen molar-refractivity contribution in [2.75, 3.05) is 25.9 Å². The number of hydrogen-bond acceptors (Lipinski definition) is 5. The predicted octanol–water partition coefficient (Wildman–Crippen LogP) is 0.514. The van der Waals surface area contributed by atoms with Gasteiger partial charge in [0.25, 0.3) is 5.91 Å². The van der Waals surface area contributed by atoms with Gasteiger partial charge in [-0.15, -0.1) is 0 Å². The number of nitrogens with zero attached hydrogens (tertiary/aromatic N) is 1. The molecule has 116 valence electrons. The van der Waals surface area contributed by atoms with E-state index >= 15 is 0 Å². The van der Waals surface area contributed by atoms with Crippen LogP contribution in [0.1, 0.15) is 23.2 Å². The minimum absolute atomic E-state index is 0.0570. The first-order chi connectivity index (χ1) is 9.94. The number of sulfone groups is 1. The number of likely N-dealkylation sites (tertiary alicyclic amines) is 1. The number of carbonyl (C=O) groups excluding carboxylic acids is 2. The average molecular weight is 330 g/mol. The summed E-state index contributed by atoms with van der Waals surface area (Å²) in [5, 5.41) is 5.41. The zero-order valence-electron chi connectivity index (χ0n) is 11.7. The van der Waals surface area contributed by atoms with Crippen molar-refractivity contribution in [3.63, 3.8) is 0 Å². The molecule has 2 rings (SSSR count). The molecule has 1 saturated heterocycles. The molecule has 1 fully saturated rings. The monoisotopic (exact) mass is 330 g/mol. The Bertz CT molecular complexity index is 602. The van der Waals surface area contributed by atoms with E-state index in [-0.39, 0.29) is 5.91 Å². The SMILES string of the molecule is CNC(=O)CS(=O)(=O)C1CCN(C(=O)c2ccsc2)CC1.